The van der Waals surface area contributed by atoms with Crippen molar-refractivity contribution in [3.8, 4) is 0 Å². The van der Waals surface area contributed by atoms with Crippen LogP contribution in [-0.2, 0) is 21.2 Å². The van der Waals surface area contributed by atoms with Gasteiger partial charge in [-0.3, -0.25) is 9.78 Å². The van der Waals surface area contributed by atoms with Crippen LogP contribution in [0.4, 0.5) is 0 Å². The summed E-state index contributed by atoms with van der Waals surface area (Å²) < 4.78 is 25.9. The normalized spacial score (nSPS) is 23.9. The van der Waals surface area contributed by atoms with Crippen molar-refractivity contribution < 1.29 is 18.3 Å². The summed E-state index contributed by atoms with van der Waals surface area (Å²) in [4.78, 5) is 15.4. The summed E-state index contributed by atoms with van der Waals surface area (Å²) in [6, 6.07) is 5.32. The number of aliphatic carboxylic acids is 1. The van der Waals surface area contributed by atoms with E-state index < -0.39 is 21.5 Å². The van der Waals surface area contributed by atoms with Crippen LogP contribution >= 0.6 is 0 Å². The Kier molecular flexibility index (Phi) is 4.10. The number of aryl methyl sites for hydroxylation is 1. The number of carboxylic acids is 1. The molecule has 1 N–H and O–H groups in total. The van der Waals surface area contributed by atoms with E-state index in [0.717, 1.165) is 4.31 Å². The molecule has 0 aliphatic carbocycles. The molecular weight excluding hydrogens is 280 g/mol. The smallest absolute Gasteiger partial charge is 0.324 e. The van der Waals surface area contributed by atoms with Crippen LogP contribution in [-0.4, -0.2) is 46.6 Å². The van der Waals surface area contributed by atoms with E-state index in [1.54, 1.807) is 24.4 Å². The number of pyridine rings is 1. The van der Waals surface area contributed by atoms with Crippen LogP contribution in [0.2, 0.25) is 0 Å². The minimum Gasteiger partial charge on any atom is -0.480 e. The first kappa shape index (κ1) is 14.9. The van der Waals surface area contributed by atoms with E-state index in [1.807, 2.05) is 0 Å². The van der Waals surface area contributed by atoms with Gasteiger partial charge in [0.25, 0.3) is 0 Å². The average molecular weight is 298 g/mol. The van der Waals surface area contributed by atoms with Gasteiger partial charge in [-0.25, -0.2) is 8.42 Å². The highest BCUT2D eigenvalue weighted by Gasteiger charge is 2.48. The zero-order valence-corrected chi connectivity index (χ0v) is 12.1. The summed E-state index contributed by atoms with van der Waals surface area (Å²) in [6.45, 7) is 1.74. The topological polar surface area (TPSA) is 87.6 Å². The third kappa shape index (κ3) is 2.83. The molecule has 0 saturated carbocycles. The largest absolute Gasteiger partial charge is 0.480 e. The highest BCUT2D eigenvalue weighted by molar-refractivity contribution is 7.89. The van der Waals surface area contributed by atoms with Gasteiger partial charge >= 0.3 is 5.97 Å². The van der Waals surface area contributed by atoms with Crippen LogP contribution in [0.3, 0.4) is 0 Å². The zero-order valence-electron chi connectivity index (χ0n) is 11.3. The average Bonchev–Trinajstić information content (AvgIpc) is 2.82. The third-order valence-electron chi connectivity index (χ3n) is 3.71. The second-order valence-electron chi connectivity index (χ2n) is 5.14. The predicted molar refractivity (Wildman–Crippen MR) is 73.7 cm³/mol. The van der Waals surface area contributed by atoms with Crippen molar-refractivity contribution in [3.63, 3.8) is 0 Å². The number of nitrogens with zero attached hydrogens (tertiary/aromatic N) is 2. The Labute approximate surface area is 118 Å². The summed E-state index contributed by atoms with van der Waals surface area (Å²) in [6.07, 6.45) is 2.82. The van der Waals surface area contributed by atoms with Crippen molar-refractivity contribution in [2.75, 3.05) is 12.3 Å². The summed E-state index contributed by atoms with van der Waals surface area (Å²) in [5.74, 6) is -1.20. The molecule has 1 atom stereocenters. The fraction of sp³-hybridized carbons (Fsp3) is 0.538. The second-order valence-corrected chi connectivity index (χ2v) is 7.15. The van der Waals surface area contributed by atoms with Crippen molar-refractivity contribution >= 4 is 16.0 Å². The van der Waals surface area contributed by atoms with Gasteiger partial charge in [-0.05, 0) is 31.9 Å². The minimum atomic E-state index is -3.60. The fourth-order valence-electron chi connectivity index (χ4n) is 2.49. The van der Waals surface area contributed by atoms with Gasteiger partial charge in [-0.15, -0.1) is 0 Å². The molecule has 1 fully saturated rings. The van der Waals surface area contributed by atoms with Crippen LogP contribution in [0.25, 0.3) is 0 Å². The molecule has 1 aliphatic heterocycles. The quantitative estimate of drug-likeness (QED) is 0.872. The SMILES string of the molecule is CC1(C(=O)O)CCCN1S(=O)(=O)CCc1ccccn1. The Hall–Kier alpha value is -1.47. The molecule has 0 spiro atoms. The lowest BCUT2D eigenvalue weighted by Gasteiger charge is -2.30. The first-order valence-corrected chi connectivity index (χ1v) is 8.11. The molecule has 20 heavy (non-hydrogen) atoms. The maximum atomic E-state index is 12.4. The van der Waals surface area contributed by atoms with E-state index in [1.165, 1.54) is 6.92 Å². The van der Waals surface area contributed by atoms with E-state index >= 15 is 0 Å². The van der Waals surface area contributed by atoms with Crippen LogP contribution < -0.4 is 0 Å². The number of hydrogen-bond donors (Lipinski definition) is 1. The van der Waals surface area contributed by atoms with Gasteiger partial charge in [0.05, 0.1) is 5.75 Å². The fourth-order valence-corrected chi connectivity index (χ4v) is 4.37. The van der Waals surface area contributed by atoms with Crippen molar-refractivity contribution in [1.82, 2.24) is 9.29 Å². The molecule has 0 amide bonds. The van der Waals surface area contributed by atoms with Gasteiger partial charge in [0.2, 0.25) is 10.0 Å². The molecule has 2 heterocycles. The number of rotatable bonds is 5. The lowest BCUT2D eigenvalue weighted by molar-refractivity contribution is -0.146. The Morgan fingerprint density at radius 3 is 2.85 bits per heavy atom. The van der Waals surface area contributed by atoms with E-state index in [9.17, 15) is 18.3 Å². The van der Waals surface area contributed by atoms with E-state index in [0.29, 0.717) is 18.5 Å². The molecule has 1 aromatic heterocycles. The Morgan fingerprint density at radius 1 is 1.50 bits per heavy atom. The summed E-state index contributed by atoms with van der Waals surface area (Å²) in [7, 11) is -3.60. The number of sulfonamides is 1. The summed E-state index contributed by atoms with van der Waals surface area (Å²) in [5.41, 5.74) is -0.629. The standard InChI is InChI=1S/C13H18N2O4S/c1-13(12(16)17)7-4-9-15(13)20(18,19)10-6-11-5-2-3-8-14-11/h2-3,5,8H,4,6-7,9-10H2,1H3,(H,16,17). The van der Waals surface area contributed by atoms with Crippen LogP contribution in [0.1, 0.15) is 25.5 Å². The van der Waals surface area contributed by atoms with Crippen molar-refractivity contribution in [1.29, 1.82) is 0 Å². The Balaban J connectivity index is 2.12. The van der Waals surface area contributed by atoms with Crippen molar-refractivity contribution in [3.05, 3.63) is 30.1 Å². The van der Waals surface area contributed by atoms with E-state index in [2.05, 4.69) is 4.98 Å². The zero-order chi connectivity index (χ0) is 14.8. The van der Waals surface area contributed by atoms with Crippen molar-refractivity contribution in [2.45, 2.75) is 31.7 Å². The third-order valence-corrected chi connectivity index (χ3v) is 5.69. The van der Waals surface area contributed by atoms with Gasteiger partial charge in [-0.2, -0.15) is 4.31 Å². The molecule has 6 nitrogen and oxygen atoms in total. The molecule has 1 unspecified atom stereocenters. The molecule has 0 bridgehead atoms. The molecule has 1 saturated heterocycles. The molecule has 0 radical (unpaired) electrons. The maximum absolute atomic E-state index is 12.4. The van der Waals surface area contributed by atoms with Gasteiger partial charge in [-0.1, -0.05) is 6.07 Å². The first-order chi connectivity index (χ1) is 9.36. The van der Waals surface area contributed by atoms with E-state index in [-0.39, 0.29) is 18.7 Å². The lowest BCUT2D eigenvalue weighted by Crippen LogP contribution is -2.51. The van der Waals surface area contributed by atoms with Gasteiger partial charge < -0.3 is 5.11 Å². The molecule has 1 aromatic rings. The van der Waals surface area contributed by atoms with Crippen molar-refractivity contribution in [2.24, 2.45) is 0 Å². The number of aromatic nitrogens is 1. The summed E-state index contributed by atoms with van der Waals surface area (Å²) >= 11 is 0. The minimum absolute atomic E-state index is 0.118. The second kappa shape index (κ2) is 5.49. The molecule has 1 aliphatic rings. The van der Waals surface area contributed by atoms with Gasteiger partial charge in [0, 0.05) is 24.9 Å². The monoisotopic (exact) mass is 298 g/mol. The highest BCUT2D eigenvalue weighted by Crippen LogP contribution is 2.32. The molecule has 2 rings (SSSR count). The predicted octanol–water partition coefficient (Wildman–Crippen LogP) is 0.893. The lowest BCUT2D eigenvalue weighted by atomic mass is 10.0. The first-order valence-electron chi connectivity index (χ1n) is 6.50. The molecule has 0 aromatic carbocycles. The van der Waals surface area contributed by atoms with Gasteiger partial charge in [0.15, 0.2) is 0 Å². The molecule has 110 valence electrons. The Bertz CT molecular complexity index is 588. The summed E-state index contributed by atoms with van der Waals surface area (Å²) in [5, 5.41) is 9.27. The van der Waals surface area contributed by atoms with Gasteiger partial charge in [0.1, 0.15) is 5.54 Å². The Morgan fingerprint density at radius 2 is 2.25 bits per heavy atom. The highest BCUT2D eigenvalue weighted by atomic mass is 32.2. The van der Waals surface area contributed by atoms with E-state index in [4.69, 9.17) is 0 Å². The number of carbonyl (C=O) groups is 1. The van der Waals surface area contributed by atoms with Crippen LogP contribution in [0.5, 0.6) is 0 Å². The van der Waals surface area contributed by atoms with Crippen LogP contribution in [0.15, 0.2) is 24.4 Å². The van der Waals surface area contributed by atoms with Crippen LogP contribution in [0, 0.1) is 0 Å². The molecule has 7 heteroatoms. The number of carboxylic acid groups (broad SMARTS) is 1. The maximum Gasteiger partial charge on any atom is 0.324 e. The molecular formula is C13H18N2O4S. The number of hydrogen-bond acceptors (Lipinski definition) is 4.